The standard InChI is InChI=1S/C13H22O/c1-5-11-6-7-12(10(4)14)8-13(11)9(2)3/h6,9,12-13H,5,7-8H2,1-4H3/t12-,13?/m0/s1. The third-order valence-electron chi connectivity index (χ3n) is 3.47. The summed E-state index contributed by atoms with van der Waals surface area (Å²) < 4.78 is 0. The Bertz CT molecular complexity index is 238. The van der Waals surface area contributed by atoms with Gasteiger partial charge in [-0.25, -0.2) is 0 Å². The zero-order valence-corrected chi connectivity index (χ0v) is 9.84. The van der Waals surface area contributed by atoms with E-state index in [0.29, 0.717) is 17.6 Å². The maximum absolute atomic E-state index is 11.3. The molecule has 0 saturated carbocycles. The molecule has 80 valence electrons. The van der Waals surface area contributed by atoms with E-state index in [-0.39, 0.29) is 5.92 Å². The molecular weight excluding hydrogens is 172 g/mol. The van der Waals surface area contributed by atoms with Crippen LogP contribution in [0.3, 0.4) is 0 Å². The van der Waals surface area contributed by atoms with Crippen molar-refractivity contribution in [2.45, 2.75) is 47.0 Å². The van der Waals surface area contributed by atoms with Crippen molar-refractivity contribution in [2.24, 2.45) is 17.8 Å². The van der Waals surface area contributed by atoms with Gasteiger partial charge in [0.2, 0.25) is 0 Å². The van der Waals surface area contributed by atoms with Crippen molar-refractivity contribution in [3.8, 4) is 0 Å². The third-order valence-corrected chi connectivity index (χ3v) is 3.47. The molecule has 1 heteroatoms. The predicted octanol–water partition coefficient (Wildman–Crippen LogP) is 3.59. The van der Waals surface area contributed by atoms with Gasteiger partial charge in [0, 0.05) is 5.92 Å². The molecule has 0 fully saturated rings. The van der Waals surface area contributed by atoms with Crippen LogP contribution in [0.25, 0.3) is 0 Å². The minimum absolute atomic E-state index is 0.290. The highest BCUT2D eigenvalue weighted by Gasteiger charge is 2.27. The van der Waals surface area contributed by atoms with Gasteiger partial charge in [0.15, 0.2) is 0 Å². The van der Waals surface area contributed by atoms with Gasteiger partial charge in [0.25, 0.3) is 0 Å². The minimum atomic E-state index is 0.290. The molecule has 1 nitrogen and oxygen atoms in total. The fraction of sp³-hybridized carbons (Fsp3) is 0.769. The van der Waals surface area contributed by atoms with Gasteiger partial charge in [-0.15, -0.1) is 0 Å². The van der Waals surface area contributed by atoms with Crippen molar-refractivity contribution in [1.82, 2.24) is 0 Å². The van der Waals surface area contributed by atoms with Crippen molar-refractivity contribution < 1.29 is 4.79 Å². The second-order valence-corrected chi connectivity index (χ2v) is 4.76. The molecule has 0 aromatic rings. The van der Waals surface area contributed by atoms with Crippen LogP contribution in [0.1, 0.15) is 47.0 Å². The Kier molecular flexibility index (Phi) is 3.91. The van der Waals surface area contributed by atoms with Crippen molar-refractivity contribution in [2.75, 3.05) is 0 Å². The Balaban J connectivity index is 2.76. The van der Waals surface area contributed by atoms with Crippen LogP contribution in [-0.4, -0.2) is 5.78 Å². The molecule has 14 heavy (non-hydrogen) atoms. The van der Waals surface area contributed by atoms with Gasteiger partial charge < -0.3 is 0 Å². The number of hydrogen-bond donors (Lipinski definition) is 0. The number of rotatable bonds is 3. The van der Waals surface area contributed by atoms with E-state index in [1.165, 1.54) is 0 Å². The normalized spacial score (nSPS) is 27.6. The molecule has 1 aliphatic carbocycles. The summed E-state index contributed by atoms with van der Waals surface area (Å²) in [5, 5.41) is 0. The summed E-state index contributed by atoms with van der Waals surface area (Å²) in [5.74, 6) is 1.96. The third kappa shape index (κ3) is 2.46. The van der Waals surface area contributed by atoms with E-state index in [0.717, 1.165) is 19.3 Å². The van der Waals surface area contributed by atoms with E-state index in [1.807, 2.05) is 0 Å². The van der Waals surface area contributed by atoms with E-state index >= 15 is 0 Å². The second-order valence-electron chi connectivity index (χ2n) is 4.76. The Morgan fingerprint density at radius 1 is 1.57 bits per heavy atom. The number of carbonyl (C=O) groups is 1. The quantitative estimate of drug-likeness (QED) is 0.627. The zero-order valence-electron chi connectivity index (χ0n) is 9.84. The fourth-order valence-electron chi connectivity index (χ4n) is 2.44. The van der Waals surface area contributed by atoms with Crippen molar-refractivity contribution in [1.29, 1.82) is 0 Å². The number of carbonyl (C=O) groups excluding carboxylic acids is 1. The van der Waals surface area contributed by atoms with E-state index in [9.17, 15) is 4.79 Å². The van der Waals surface area contributed by atoms with Crippen molar-refractivity contribution in [3.63, 3.8) is 0 Å². The Hall–Kier alpha value is -0.590. The lowest BCUT2D eigenvalue weighted by atomic mass is 9.74. The first-order valence-corrected chi connectivity index (χ1v) is 5.75. The minimum Gasteiger partial charge on any atom is -0.300 e. The van der Waals surface area contributed by atoms with Gasteiger partial charge in [0.05, 0.1) is 0 Å². The van der Waals surface area contributed by atoms with Gasteiger partial charge in [-0.1, -0.05) is 32.4 Å². The first-order chi connectivity index (χ1) is 6.56. The Morgan fingerprint density at radius 3 is 2.64 bits per heavy atom. The van der Waals surface area contributed by atoms with E-state index in [1.54, 1.807) is 12.5 Å². The Morgan fingerprint density at radius 2 is 2.21 bits per heavy atom. The number of Topliss-reactive ketones (excluding diaryl/α,β-unsaturated/α-hetero) is 1. The van der Waals surface area contributed by atoms with Crippen LogP contribution in [0, 0.1) is 17.8 Å². The SMILES string of the molecule is CCC1=CC[C@H](C(C)=O)CC1C(C)C. The smallest absolute Gasteiger partial charge is 0.133 e. The first-order valence-electron chi connectivity index (χ1n) is 5.75. The predicted molar refractivity (Wildman–Crippen MR) is 60.1 cm³/mol. The number of allylic oxidation sites excluding steroid dienone is 2. The molecular formula is C13H22O. The van der Waals surface area contributed by atoms with Crippen LogP contribution in [0.5, 0.6) is 0 Å². The summed E-state index contributed by atoms with van der Waals surface area (Å²) in [6, 6.07) is 0. The fourth-order valence-corrected chi connectivity index (χ4v) is 2.44. The first kappa shape index (κ1) is 11.5. The molecule has 0 N–H and O–H groups in total. The average molecular weight is 194 g/mol. The topological polar surface area (TPSA) is 17.1 Å². The van der Waals surface area contributed by atoms with Crippen molar-refractivity contribution >= 4 is 5.78 Å². The summed E-state index contributed by atoms with van der Waals surface area (Å²) >= 11 is 0. The zero-order chi connectivity index (χ0) is 10.7. The molecule has 0 aliphatic heterocycles. The molecule has 0 heterocycles. The molecule has 0 aromatic heterocycles. The molecule has 1 rings (SSSR count). The second kappa shape index (κ2) is 4.77. The average Bonchev–Trinajstić information content (AvgIpc) is 2.16. The highest BCUT2D eigenvalue weighted by atomic mass is 16.1. The van der Waals surface area contributed by atoms with Crippen LogP contribution in [-0.2, 0) is 4.79 Å². The molecule has 1 aliphatic rings. The summed E-state index contributed by atoms with van der Waals surface area (Å²) in [7, 11) is 0. The highest BCUT2D eigenvalue weighted by molar-refractivity contribution is 5.78. The van der Waals surface area contributed by atoms with E-state index in [4.69, 9.17) is 0 Å². The number of ketones is 1. The van der Waals surface area contributed by atoms with E-state index < -0.39 is 0 Å². The van der Waals surface area contributed by atoms with Gasteiger partial charge >= 0.3 is 0 Å². The molecule has 0 saturated heterocycles. The Labute approximate surface area is 87.6 Å². The lowest BCUT2D eigenvalue weighted by Crippen LogP contribution is -2.24. The maximum atomic E-state index is 11.3. The van der Waals surface area contributed by atoms with Crippen molar-refractivity contribution in [3.05, 3.63) is 11.6 Å². The monoisotopic (exact) mass is 194 g/mol. The van der Waals surface area contributed by atoms with Crippen LogP contribution >= 0.6 is 0 Å². The number of hydrogen-bond acceptors (Lipinski definition) is 1. The van der Waals surface area contributed by atoms with Gasteiger partial charge in [-0.3, -0.25) is 4.79 Å². The van der Waals surface area contributed by atoms with Gasteiger partial charge in [-0.05, 0) is 38.0 Å². The maximum Gasteiger partial charge on any atom is 0.133 e. The van der Waals surface area contributed by atoms with Crippen LogP contribution in [0.2, 0.25) is 0 Å². The van der Waals surface area contributed by atoms with Gasteiger partial charge in [-0.2, -0.15) is 0 Å². The van der Waals surface area contributed by atoms with Crippen LogP contribution < -0.4 is 0 Å². The summed E-state index contributed by atoms with van der Waals surface area (Å²) in [6.07, 6.45) is 5.50. The molecule has 0 bridgehead atoms. The molecule has 1 unspecified atom stereocenters. The molecule has 0 amide bonds. The lowest BCUT2D eigenvalue weighted by Gasteiger charge is -2.31. The van der Waals surface area contributed by atoms with Gasteiger partial charge in [0.1, 0.15) is 5.78 Å². The summed E-state index contributed by atoms with van der Waals surface area (Å²) in [4.78, 5) is 11.3. The van der Waals surface area contributed by atoms with Crippen LogP contribution in [0.15, 0.2) is 11.6 Å². The van der Waals surface area contributed by atoms with E-state index in [2.05, 4.69) is 26.8 Å². The molecule has 0 spiro atoms. The largest absolute Gasteiger partial charge is 0.300 e. The van der Waals surface area contributed by atoms with Crippen LogP contribution in [0.4, 0.5) is 0 Å². The summed E-state index contributed by atoms with van der Waals surface area (Å²) in [6.45, 7) is 8.47. The highest BCUT2D eigenvalue weighted by Crippen LogP contribution is 2.35. The molecule has 2 atom stereocenters. The molecule has 0 aromatic carbocycles. The lowest BCUT2D eigenvalue weighted by molar-refractivity contribution is -0.121. The summed E-state index contributed by atoms with van der Waals surface area (Å²) in [5.41, 5.74) is 1.57. The molecule has 0 radical (unpaired) electrons.